The zero-order valence-electron chi connectivity index (χ0n) is 13.7. The minimum atomic E-state index is 0. The largest absolute Gasteiger partial charge is 0.327 e. The van der Waals surface area contributed by atoms with Gasteiger partial charge in [-0.3, -0.25) is 4.79 Å². The van der Waals surface area contributed by atoms with E-state index in [1.165, 1.54) is 19.2 Å². The van der Waals surface area contributed by atoms with Crippen molar-refractivity contribution in [2.75, 3.05) is 5.32 Å². The van der Waals surface area contributed by atoms with Gasteiger partial charge in [-0.25, -0.2) is 4.68 Å². The Morgan fingerprint density at radius 2 is 2.17 bits per heavy atom. The van der Waals surface area contributed by atoms with Gasteiger partial charge in [0.25, 0.3) is 0 Å². The number of carbonyl (C=O) groups is 1. The van der Waals surface area contributed by atoms with E-state index >= 15 is 0 Å². The third kappa shape index (κ3) is 4.30. The van der Waals surface area contributed by atoms with Gasteiger partial charge >= 0.3 is 0 Å². The third-order valence-electron chi connectivity index (χ3n) is 4.50. The molecule has 1 aliphatic carbocycles. The number of nitrogens with zero attached hydrogens (tertiary/aromatic N) is 4. The van der Waals surface area contributed by atoms with Gasteiger partial charge in [0.1, 0.15) is 6.33 Å². The summed E-state index contributed by atoms with van der Waals surface area (Å²) >= 11 is 0. The number of aromatic nitrogens is 4. The highest BCUT2D eigenvalue weighted by atomic mass is 35.5. The summed E-state index contributed by atoms with van der Waals surface area (Å²) in [6.45, 7) is 1.98. The molecule has 2 unspecified atom stereocenters. The van der Waals surface area contributed by atoms with Gasteiger partial charge in [0.15, 0.2) is 0 Å². The quantitative estimate of drug-likeness (QED) is 0.881. The fraction of sp³-hybridized carbons (Fsp3) is 0.500. The molecule has 0 bridgehead atoms. The number of hydrogen-bond donors (Lipinski definition) is 2. The number of nitrogens with two attached hydrogens (primary N) is 1. The van der Waals surface area contributed by atoms with Crippen LogP contribution in [0.4, 0.5) is 5.69 Å². The first kappa shape index (κ1) is 18.4. The summed E-state index contributed by atoms with van der Waals surface area (Å²) < 4.78 is 1.59. The monoisotopic (exact) mass is 350 g/mol. The van der Waals surface area contributed by atoms with E-state index in [0.29, 0.717) is 6.42 Å². The fourth-order valence-corrected chi connectivity index (χ4v) is 3.15. The number of hydrogen-bond acceptors (Lipinski definition) is 5. The van der Waals surface area contributed by atoms with Gasteiger partial charge in [-0.15, -0.1) is 17.5 Å². The van der Waals surface area contributed by atoms with Gasteiger partial charge in [0, 0.05) is 18.2 Å². The normalized spacial score (nSPS) is 20.2. The van der Waals surface area contributed by atoms with E-state index in [1.807, 2.05) is 25.1 Å². The Bertz CT molecular complexity index is 675. The second-order valence-corrected chi connectivity index (χ2v) is 6.22. The lowest BCUT2D eigenvalue weighted by Gasteiger charge is -2.28. The number of aryl methyl sites for hydroxylation is 1. The summed E-state index contributed by atoms with van der Waals surface area (Å²) in [5, 5.41) is 14.2. The number of halogens is 1. The molecule has 3 rings (SSSR count). The van der Waals surface area contributed by atoms with Crippen LogP contribution in [-0.2, 0) is 4.79 Å². The number of benzene rings is 1. The molecule has 1 fully saturated rings. The van der Waals surface area contributed by atoms with Crippen molar-refractivity contribution < 1.29 is 4.79 Å². The zero-order valence-corrected chi connectivity index (χ0v) is 14.5. The van der Waals surface area contributed by atoms with Crippen LogP contribution >= 0.6 is 12.4 Å². The van der Waals surface area contributed by atoms with Crippen LogP contribution in [-0.4, -0.2) is 32.2 Å². The molecule has 1 aliphatic rings. The average Bonchev–Trinajstić information content (AvgIpc) is 3.06. The second-order valence-electron chi connectivity index (χ2n) is 6.22. The number of nitrogens with one attached hydrogen (secondary N) is 1. The molecule has 1 amide bonds. The Morgan fingerprint density at radius 3 is 2.88 bits per heavy atom. The molecule has 2 aromatic rings. The van der Waals surface area contributed by atoms with Gasteiger partial charge in [0.05, 0.1) is 5.69 Å². The van der Waals surface area contributed by atoms with Crippen molar-refractivity contribution >= 4 is 24.0 Å². The van der Waals surface area contributed by atoms with E-state index in [2.05, 4.69) is 20.8 Å². The first-order valence-corrected chi connectivity index (χ1v) is 8.03. The van der Waals surface area contributed by atoms with Gasteiger partial charge < -0.3 is 11.1 Å². The van der Waals surface area contributed by atoms with Gasteiger partial charge in [-0.05, 0) is 53.8 Å². The number of amides is 1. The van der Waals surface area contributed by atoms with E-state index < -0.39 is 0 Å². The smallest absolute Gasteiger partial charge is 0.224 e. The van der Waals surface area contributed by atoms with E-state index in [1.54, 1.807) is 4.68 Å². The molecule has 1 saturated carbocycles. The van der Waals surface area contributed by atoms with E-state index in [9.17, 15) is 4.79 Å². The molecule has 0 aliphatic heterocycles. The summed E-state index contributed by atoms with van der Waals surface area (Å²) in [5.74, 6) is 0.298. The van der Waals surface area contributed by atoms with Crippen LogP contribution in [0.1, 0.15) is 37.7 Å². The van der Waals surface area contributed by atoms with Crippen LogP contribution < -0.4 is 11.1 Å². The minimum absolute atomic E-state index is 0. The van der Waals surface area contributed by atoms with E-state index in [4.69, 9.17) is 5.73 Å². The highest BCUT2D eigenvalue weighted by Gasteiger charge is 2.24. The van der Waals surface area contributed by atoms with Crippen LogP contribution in [0.5, 0.6) is 0 Å². The Morgan fingerprint density at radius 1 is 1.38 bits per heavy atom. The molecule has 130 valence electrons. The molecular formula is C16H23ClN6O. The van der Waals surface area contributed by atoms with Crippen LogP contribution in [0.25, 0.3) is 5.69 Å². The first-order chi connectivity index (χ1) is 11.1. The van der Waals surface area contributed by atoms with Crippen molar-refractivity contribution in [2.24, 2.45) is 11.7 Å². The highest BCUT2D eigenvalue weighted by Crippen LogP contribution is 2.26. The minimum Gasteiger partial charge on any atom is -0.327 e. The number of carbonyl (C=O) groups excluding carboxylic acids is 1. The summed E-state index contributed by atoms with van der Waals surface area (Å²) in [6, 6.07) is 5.86. The predicted molar refractivity (Wildman–Crippen MR) is 94.3 cm³/mol. The number of rotatable bonds is 4. The highest BCUT2D eigenvalue weighted by molar-refractivity contribution is 5.91. The molecule has 8 heteroatoms. The topological polar surface area (TPSA) is 98.7 Å². The Labute approximate surface area is 147 Å². The molecule has 0 saturated heterocycles. The molecule has 3 N–H and O–H groups in total. The summed E-state index contributed by atoms with van der Waals surface area (Å²) in [7, 11) is 0. The van der Waals surface area contributed by atoms with Crippen molar-refractivity contribution in [3.63, 3.8) is 0 Å². The average molecular weight is 351 g/mol. The Balaban J connectivity index is 0.00000208. The zero-order chi connectivity index (χ0) is 16.2. The maximum absolute atomic E-state index is 12.3. The van der Waals surface area contributed by atoms with Crippen molar-refractivity contribution in [1.82, 2.24) is 20.2 Å². The standard InChI is InChI=1S/C16H22N6O.ClH/c1-11-6-7-13(9-15(11)22-10-18-20-21-22)19-16(23)8-12-4-2-3-5-14(12)17;/h6-7,9-10,12,14H,2-5,8,17H2,1H3,(H,19,23);1H. The van der Waals surface area contributed by atoms with Crippen molar-refractivity contribution in [3.8, 4) is 5.69 Å². The van der Waals surface area contributed by atoms with Crippen LogP contribution in [0, 0.1) is 12.8 Å². The SMILES string of the molecule is Cc1ccc(NC(=O)CC2CCCCC2N)cc1-n1cnnn1.Cl. The van der Waals surface area contributed by atoms with Gasteiger partial charge in [0.2, 0.25) is 5.91 Å². The van der Waals surface area contributed by atoms with Crippen molar-refractivity contribution in [2.45, 2.75) is 45.1 Å². The number of tetrazole rings is 1. The maximum Gasteiger partial charge on any atom is 0.224 e. The molecular weight excluding hydrogens is 328 g/mol. The maximum atomic E-state index is 12.3. The molecule has 1 heterocycles. The van der Waals surface area contributed by atoms with Crippen LogP contribution in [0.15, 0.2) is 24.5 Å². The molecule has 1 aromatic heterocycles. The fourth-order valence-electron chi connectivity index (χ4n) is 3.15. The lowest BCUT2D eigenvalue weighted by molar-refractivity contribution is -0.117. The van der Waals surface area contributed by atoms with Crippen molar-refractivity contribution in [1.29, 1.82) is 0 Å². The molecule has 7 nitrogen and oxygen atoms in total. The van der Waals surface area contributed by atoms with Crippen molar-refractivity contribution in [3.05, 3.63) is 30.1 Å². The Kier molecular flexibility index (Phi) is 6.28. The van der Waals surface area contributed by atoms with E-state index in [-0.39, 0.29) is 30.3 Å². The first-order valence-electron chi connectivity index (χ1n) is 8.03. The molecule has 1 aromatic carbocycles. The lowest BCUT2D eigenvalue weighted by atomic mass is 9.83. The Hall–Kier alpha value is -1.99. The predicted octanol–water partition coefficient (Wildman–Crippen LogP) is 2.24. The molecule has 2 atom stereocenters. The second kappa shape index (κ2) is 8.21. The summed E-state index contributed by atoms with van der Waals surface area (Å²) in [5.41, 5.74) is 8.75. The van der Waals surface area contributed by atoms with Gasteiger partial charge in [-0.2, -0.15) is 0 Å². The summed E-state index contributed by atoms with van der Waals surface area (Å²) in [4.78, 5) is 12.3. The molecule has 0 radical (unpaired) electrons. The van der Waals surface area contributed by atoms with Crippen LogP contribution in [0.2, 0.25) is 0 Å². The van der Waals surface area contributed by atoms with E-state index in [0.717, 1.165) is 29.8 Å². The summed E-state index contributed by atoms with van der Waals surface area (Å²) in [6.07, 6.45) is 6.42. The van der Waals surface area contributed by atoms with Gasteiger partial charge in [-0.1, -0.05) is 18.9 Å². The lowest BCUT2D eigenvalue weighted by Crippen LogP contribution is -2.35. The van der Waals surface area contributed by atoms with Crippen LogP contribution in [0.3, 0.4) is 0 Å². The number of anilines is 1. The molecule has 24 heavy (non-hydrogen) atoms. The molecule has 0 spiro atoms. The third-order valence-corrected chi connectivity index (χ3v) is 4.50.